The first-order valence-electron chi connectivity index (χ1n) is 8.06. The van der Waals surface area contributed by atoms with E-state index in [-0.39, 0.29) is 6.61 Å². The predicted molar refractivity (Wildman–Crippen MR) is 112 cm³/mol. The number of oxime groups is 1. The summed E-state index contributed by atoms with van der Waals surface area (Å²) in [7, 11) is 0. The Kier molecular flexibility index (Phi) is 5.32. The van der Waals surface area contributed by atoms with E-state index in [0.29, 0.717) is 10.0 Å². The van der Waals surface area contributed by atoms with Crippen molar-refractivity contribution in [2.45, 2.75) is 13.0 Å². The number of hydrogen-bond donors (Lipinski definition) is 0. The Morgan fingerprint density at radius 1 is 1.12 bits per heavy atom. The molecule has 0 spiro atoms. The average molecular weight is 423 g/mol. The van der Waals surface area contributed by atoms with Crippen LogP contribution >= 0.6 is 46.6 Å². The van der Waals surface area contributed by atoms with E-state index in [1.165, 1.54) is 21.6 Å². The van der Waals surface area contributed by atoms with Gasteiger partial charge in [0.1, 0.15) is 6.61 Å². The van der Waals surface area contributed by atoms with Crippen molar-refractivity contribution in [2.24, 2.45) is 5.16 Å². The van der Waals surface area contributed by atoms with Crippen molar-refractivity contribution in [2.75, 3.05) is 5.75 Å². The van der Waals surface area contributed by atoms with Crippen LogP contribution in [0, 0.1) is 0 Å². The number of hydrogen-bond acceptors (Lipinski definition) is 3. The topological polar surface area (TPSA) is 21.6 Å². The summed E-state index contributed by atoms with van der Waals surface area (Å²) >= 11 is 20.5. The first kappa shape index (κ1) is 18.0. The van der Waals surface area contributed by atoms with Crippen LogP contribution in [0.5, 0.6) is 0 Å². The molecule has 6 heteroatoms. The van der Waals surface area contributed by atoms with Crippen molar-refractivity contribution in [3.05, 3.63) is 85.4 Å². The van der Waals surface area contributed by atoms with Crippen LogP contribution in [0.25, 0.3) is 4.91 Å². The molecule has 0 N–H and O–H groups in total. The van der Waals surface area contributed by atoms with E-state index < -0.39 is 0 Å². The van der Waals surface area contributed by atoms with Gasteiger partial charge in [-0.25, -0.2) is 0 Å². The number of allylic oxidation sites excluding steroid dienone is 2. The maximum absolute atomic E-state index is 6.64. The maximum atomic E-state index is 6.64. The summed E-state index contributed by atoms with van der Waals surface area (Å²) in [6.45, 7) is 0.282. The monoisotopic (exact) mass is 421 g/mol. The number of nitrogens with zero attached hydrogens (tertiary/aromatic N) is 1. The molecule has 1 aliphatic carbocycles. The minimum atomic E-state index is 0.282. The van der Waals surface area contributed by atoms with Gasteiger partial charge < -0.3 is 4.84 Å². The van der Waals surface area contributed by atoms with E-state index in [1.807, 2.05) is 6.07 Å². The zero-order chi connectivity index (χ0) is 18.1. The number of thioether (sulfide) groups is 1. The number of rotatable bonds is 4. The van der Waals surface area contributed by atoms with E-state index >= 15 is 0 Å². The quantitative estimate of drug-likeness (QED) is 0.404. The molecule has 0 atom stereocenters. The standard InChI is InChI=1S/C20H14Cl3NOS/c21-15-6-5-13(18(22)8-15)10-25-24-9-14-11-26-20-16-4-2-1-3-12(16)7-17(20)19(14)23/h1-6,8-9H,7,10-11H2/b24-9+. The molecule has 0 bridgehead atoms. The lowest BCUT2D eigenvalue weighted by Gasteiger charge is -2.16. The third-order valence-electron chi connectivity index (χ3n) is 4.34. The van der Waals surface area contributed by atoms with Crippen LogP contribution in [-0.2, 0) is 17.9 Å². The van der Waals surface area contributed by atoms with Crippen LogP contribution in [0.2, 0.25) is 10.0 Å². The Morgan fingerprint density at radius 2 is 1.96 bits per heavy atom. The molecule has 0 radical (unpaired) electrons. The molecule has 2 aliphatic rings. The fourth-order valence-electron chi connectivity index (χ4n) is 3.02. The largest absolute Gasteiger partial charge is 0.391 e. The van der Waals surface area contributed by atoms with Gasteiger partial charge in [0.25, 0.3) is 0 Å². The van der Waals surface area contributed by atoms with Gasteiger partial charge in [-0.05, 0) is 28.8 Å². The minimum absolute atomic E-state index is 0.282. The first-order valence-corrected chi connectivity index (χ1v) is 10.2. The van der Waals surface area contributed by atoms with Gasteiger partial charge in [0.05, 0.1) is 11.2 Å². The van der Waals surface area contributed by atoms with Gasteiger partial charge in [-0.3, -0.25) is 0 Å². The third kappa shape index (κ3) is 3.54. The zero-order valence-corrected chi connectivity index (χ0v) is 16.7. The van der Waals surface area contributed by atoms with Crippen molar-refractivity contribution in [3.63, 3.8) is 0 Å². The van der Waals surface area contributed by atoms with Crippen molar-refractivity contribution in [1.29, 1.82) is 0 Å². The Hall–Kier alpha value is -1.39. The van der Waals surface area contributed by atoms with Crippen LogP contribution in [0.15, 0.2) is 63.8 Å². The van der Waals surface area contributed by atoms with E-state index in [9.17, 15) is 0 Å². The molecule has 1 aliphatic heterocycles. The lowest BCUT2D eigenvalue weighted by molar-refractivity contribution is 0.132. The van der Waals surface area contributed by atoms with Crippen molar-refractivity contribution >= 4 is 57.7 Å². The van der Waals surface area contributed by atoms with Crippen LogP contribution in [0.4, 0.5) is 0 Å². The fraction of sp³-hybridized carbons (Fsp3) is 0.150. The Morgan fingerprint density at radius 3 is 2.81 bits per heavy atom. The first-order chi connectivity index (χ1) is 12.6. The highest BCUT2D eigenvalue weighted by Crippen LogP contribution is 2.48. The molecular formula is C20H14Cl3NOS. The second kappa shape index (κ2) is 7.69. The van der Waals surface area contributed by atoms with Gasteiger partial charge in [0.2, 0.25) is 0 Å². The van der Waals surface area contributed by atoms with Crippen molar-refractivity contribution in [1.82, 2.24) is 0 Å². The molecule has 0 fully saturated rings. The molecule has 0 saturated carbocycles. The Bertz CT molecular complexity index is 965. The average Bonchev–Trinajstić information content (AvgIpc) is 3.01. The highest BCUT2D eigenvalue weighted by molar-refractivity contribution is 8.08. The fourth-order valence-corrected chi connectivity index (χ4v) is 5.12. The second-order valence-electron chi connectivity index (χ2n) is 6.01. The van der Waals surface area contributed by atoms with E-state index in [1.54, 1.807) is 30.1 Å². The van der Waals surface area contributed by atoms with Crippen LogP contribution in [-0.4, -0.2) is 12.0 Å². The SMILES string of the molecule is ClC1=C(/C=N/OCc2ccc(Cl)cc2Cl)CSC2=C1Cc1ccccc12. The molecule has 2 aromatic rings. The lowest BCUT2D eigenvalue weighted by Crippen LogP contribution is -2.02. The van der Waals surface area contributed by atoms with E-state index in [4.69, 9.17) is 39.6 Å². The number of halogens is 3. The highest BCUT2D eigenvalue weighted by Gasteiger charge is 2.28. The molecular weight excluding hydrogens is 409 g/mol. The van der Waals surface area contributed by atoms with Gasteiger partial charge in [-0.15, -0.1) is 11.8 Å². The Labute approximate surface area is 171 Å². The zero-order valence-electron chi connectivity index (χ0n) is 13.6. The van der Waals surface area contributed by atoms with E-state index in [0.717, 1.165) is 28.3 Å². The predicted octanol–water partition coefficient (Wildman–Crippen LogP) is 6.70. The summed E-state index contributed by atoms with van der Waals surface area (Å²) in [5.41, 5.74) is 5.63. The minimum Gasteiger partial charge on any atom is -0.391 e. The van der Waals surface area contributed by atoms with Gasteiger partial charge >= 0.3 is 0 Å². The molecule has 26 heavy (non-hydrogen) atoms. The smallest absolute Gasteiger partial charge is 0.143 e. The Balaban J connectivity index is 1.46. The van der Waals surface area contributed by atoms with Crippen LogP contribution in [0.1, 0.15) is 16.7 Å². The summed E-state index contributed by atoms with van der Waals surface area (Å²) in [6.07, 6.45) is 2.57. The van der Waals surface area contributed by atoms with Gasteiger partial charge in [0.15, 0.2) is 0 Å². The summed E-state index contributed by atoms with van der Waals surface area (Å²) in [5, 5.41) is 6.02. The number of benzene rings is 2. The summed E-state index contributed by atoms with van der Waals surface area (Å²) in [5.74, 6) is 0.778. The summed E-state index contributed by atoms with van der Waals surface area (Å²) in [6, 6.07) is 13.7. The molecule has 1 heterocycles. The highest BCUT2D eigenvalue weighted by atomic mass is 35.5. The molecule has 2 aromatic carbocycles. The van der Waals surface area contributed by atoms with Crippen molar-refractivity contribution in [3.8, 4) is 0 Å². The van der Waals surface area contributed by atoms with Crippen molar-refractivity contribution < 1.29 is 4.84 Å². The van der Waals surface area contributed by atoms with Crippen LogP contribution in [0.3, 0.4) is 0 Å². The third-order valence-corrected chi connectivity index (χ3v) is 6.61. The van der Waals surface area contributed by atoms with Gasteiger partial charge in [-0.1, -0.05) is 70.3 Å². The van der Waals surface area contributed by atoms with Gasteiger partial charge in [0, 0.05) is 38.3 Å². The lowest BCUT2D eigenvalue weighted by atomic mass is 10.1. The van der Waals surface area contributed by atoms with E-state index in [2.05, 4.69) is 29.4 Å². The van der Waals surface area contributed by atoms with Crippen LogP contribution < -0.4 is 0 Å². The second-order valence-corrected chi connectivity index (χ2v) is 8.22. The summed E-state index contributed by atoms with van der Waals surface area (Å²) in [4.78, 5) is 6.68. The normalized spacial score (nSPS) is 16.3. The van der Waals surface area contributed by atoms with Gasteiger partial charge in [-0.2, -0.15) is 0 Å². The summed E-state index contributed by atoms with van der Waals surface area (Å²) < 4.78 is 0. The molecule has 0 amide bonds. The molecule has 0 saturated heterocycles. The molecule has 0 aromatic heterocycles. The molecule has 2 nitrogen and oxygen atoms in total. The molecule has 132 valence electrons. The molecule has 4 rings (SSSR count). The molecule has 0 unspecified atom stereocenters. The number of fused-ring (bicyclic) bond motifs is 2. The maximum Gasteiger partial charge on any atom is 0.143 e.